The second kappa shape index (κ2) is 7.23. The van der Waals surface area contributed by atoms with Gasteiger partial charge in [0.1, 0.15) is 0 Å². The van der Waals surface area contributed by atoms with E-state index in [1.807, 2.05) is 38.0 Å². The molecule has 0 radical (unpaired) electrons. The van der Waals surface area contributed by atoms with Gasteiger partial charge in [0.25, 0.3) is 0 Å². The van der Waals surface area contributed by atoms with Crippen LogP contribution in [0.4, 0.5) is 5.82 Å². The first-order chi connectivity index (χ1) is 13.1. The molecule has 1 aliphatic carbocycles. The van der Waals surface area contributed by atoms with E-state index in [1.54, 1.807) is 4.68 Å². The lowest BCUT2D eigenvalue weighted by Gasteiger charge is -2.19. The van der Waals surface area contributed by atoms with Gasteiger partial charge in [-0.1, -0.05) is 36.0 Å². The third kappa shape index (κ3) is 3.69. The molecule has 27 heavy (non-hydrogen) atoms. The Morgan fingerprint density at radius 2 is 2.15 bits per heavy atom. The molecule has 0 bridgehead atoms. The van der Waals surface area contributed by atoms with Crippen molar-refractivity contribution >= 4 is 11.5 Å². The summed E-state index contributed by atoms with van der Waals surface area (Å²) in [4.78, 5) is 9.17. The molecule has 1 atom stereocenters. The molecule has 0 spiro atoms. The van der Waals surface area contributed by atoms with Crippen LogP contribution in [0.5, 0.6) is 0 Å². The van der Waals surface area contributed by atoms with E-state index in [0.29, 0.717) is 0 Å². The van der Waals surface area contributed by atoms with Crippen molar-refractivity contribution in [1.82, 2.24) is 24.1 Å². The Labute approximate surface area is 159 Å². The summed E-state index contributed by atoms with van der Waals surface area (Å²) in [5.74, 6) is 0.800. The minimum Gasteiger partial charge on any atom is -0.364 e. The van der Waals surface area contributed by atoms with E-state index in [0.717, 1.165) is 47.6 Å². The minimum atomic E-state index is 0.265. The number of rotatable bonds is 3. The van der Waals surface area contributed by atoms with Crippen molar-refractivity contribution in [2.45, 2.75) is 32.2 Å². The molecule has 1 unspecified atom stereocenters. The van der Waals surface area contributed by atoms with E-state index in [1.165, 1.54) is 5.57 Å². The molecule has 4 rings (SSSR count). The summed E-state index contributed by atoms with van der Waals surface area (Å²) in [6, 6.07) is 0.265. The molecule has 6 nitrogen and oxygen atoms in total. The number of fused-ring (bicyclic) bond motifs is 1. The Balaban J connectivity index is 1.63. The molecule has 1 N–H and O–H groups in total. The molecule has 0 amide bonds. The summed E-state index contributed by atoms with van der Waals surface area (Å²) < 4.78 is 3.85. The molecule has 0 saturated carbocycles. The zero-order valence-electron chi connectivity index (χ0n) is 15.8. The number of nitrogens with one attached hydrogen (secondary N) is 1. The summed E-state index contributed by atoms with van der Waals surface area (Å²) in [6.07, 6.45) is 18.9. The Morgan fingerprint density at radius 1 is 1.26 bits per heavy atom. The Kier molecular flexibility index (Phi) is 4.62. The van der Waals surface area contributed by atoms with Crippen molar-refractivity contribution in [3.8, 4) is 11.3 Å². The van der Waals surface area contributed by atoms with Gasteiger partial charge in [-0.25, -0.2) is 9.97 Å². The zero-order chi connectivity index (χ0) is 18.8. The zero-order valence-corrected chi connectivity index (χ0v) is 15.8. The van der Waals surface area contributed by atoms with E-state index in [2.05, 4.69) is 56.5 Å². The number of anilines is 1. The van der Waals surface area contributed by atoms with Crippen molar-refractivity contribution in [2.24, 2.45) is 7.05 Å². The maximum absolute atomic E-state index is 4.61. The van der Waals surface area contributed by atoms with Gasteiger partial charge < -0.3 is 5.32 Å². The normalized spacial score (nSPS) is 21.2. The lowest BCUT2D eigenvalue weighted by atomic mass is 10.0. The van der Waals surface area contributed by atoms with Gasteiger partial charge in [-0.15, -0.1) is 0 Å². The molecule has 3 heterocycles. The predicted octanol–water partition coefficient (Wildman–Crippen LogP) is 4.15. The van der Waals surface area contributed by atoms with E-state index in [4.69, 9.17) is 0 Å². The van der Waals surface area contributed by atoms with Crippen molar-refractivity contribution in [1.29, 1.82) is 0 Å². The minimum absolute atomic E-state index is 0.265. The Morgan fingerprint density at radius 3 is 2.96 bits per heavy atom. The van der Waals surface area contributed by atoms with Gasteiger partial charge in [0.2, 0.25) is 0 Å². The number of hydrogen-bond donors (Lipinski definition) is 1. The first kappa shape index (κ1) is 17.3. The van der Waals surface area contributed by atoms with Gasteiger partial charge >= 0.3 is 0 Å². The van der Waals surface area contributed by atoms with Crippen LogP contribution in [0.1, 0.15) is 26.2 Å². The highest BCUT2D eigenvalue weighted by atomic mass is 15.2. The molecule has 3 aromatic rings. The van der Waals surface area contributed by atoms with Crippen molar-refractivity contribution in [3.05, 3.63) is 66.9 Å². The van der Waals surface area contributed by atoms with Crippen LogP contribution >= 0.6 is 0 Å². The molecule has 138 valence electrons. The highest BCUT2D eigenvalue weighted by Crippen LogP contribution is 2.25. The van der Waals surface area contributed by atoms with E-state index in [9.17, 15) is 0 Å². The molecule has 6 heteroatoms. The Bertz CT molecular complexity index is 1040. The van der Waals surface area contributed by atoms with Crippen molar-refractivity contribution < 1.29 is 0 Å². The fourth-order valence-corrected chi connectivity index (χ4v) is 3.52. The molecular formula is C21H24N6. The predicted molar refractivity (Wildman–Crippen MR) is 108 cm³/mol. The summed E-state index contributed by atoms with van der Waals surface area (Å²) in [5, 5.41) is 7.86. The van der Waals surface area contributed by atoms with Crippen molar-refractivity contribution in [2.75, 3.05) is 5.32 Å². The standard InChI is InChI=1S/C21H24N6/c1-15-6-4-5-7-18(11-16(2)10-15)25-20-21-23-13-19(27(21)9-8-22-20)17-12-24-26(3)14-17/h4,6,8-10,12-14,18H,2,5,7,11H2,1,3H3,(H,22,25)/b6-4-,15-10-. The van der Waals surface area contributed by atoms with Crippen LogP contribution in [0, 0.1) is 0 Å². The molecule has 0 fully saturated rings. The SMILES string of the molecule is C=C1/C=C(C)\C=C/CCC(Nc2nccn3c(-c4cnn(C)c4)cnc23)C1. The van der Waals surface area contributed by atoms with Crippen LogP contribution in [0.2, 0.25) is 0 Å². The number of aryl methyl sites for hydroxylation is 1. The maximum atomic E-state index is 4.61. The fourth-order valence-electron chi connectivity index (χ4n) is 3.52. The van der Waals surface area contributed by atoms with Gasteiger partial charge in [0.05, 0.1) is 18.1 Å². The second-order valence-corrected chi connectivity index (χ2v) is 7.09. The highest BCUT2D eigenvalue weighted by molar-refractivity contribution is 5.70. The molecule has 3 aromatic heterocycles. The Hall–Kier alpha value is -3.15. The smallest absolute Gasteiger partial charge is 0.180 e. The third-order valence-corrected chi connectivity index (χ3v) is 4.77. The molecular weight excluding hydrogens is 336 g/mol. The lowest BCUT2D eigenvalue weighted by Crippen LogP contribution is -2.21. The van der Waals surface area contributed by atoms with Crippen LogP contribution in [0.3, 0.4) is 0 Å². The average Bonchev–Trinajstić information content (AvgIpc) is 3.25. The third-order valence-electron chi connectivity index (χ3n) is 4.77. The quantitative estimate of drug-likeness (QED) is 0.762. The highest BCUT2D eigenvalue weighted by Gasteiger charge is 2.16. The maximum Gasteiger partial charge on any atom is 0.180 e. The lowest BCUT2D eigenvalue weighted by molar-refractivity contribution is 0.658. The van der Waals surface area contributed by atoms with Crippen molar-refractivity contribution in [3.63, 3.8) is 0 Å². The van der Waals surface area contributed by atoms with Crippen LogP contribution in [0.25, 0.3) is 16.9 Å². The van der Waals surface area contributed by atoms with Gasteiger partial charge in [0, 0.05) is 37.2 Å². The number of hydrogen-bond acceptors (Lipinski definition) is 4. The molecule has 0 aliphatic heterocycles. The van der Waals surface area contributed by atoms with E-state index < -0.39 is 0 Å². The van der Waals surface area contributed by atoms with Gasteiger partial charge in [-0.2, -0.15) is 5.10 Å². The van der Waals surface area contributed by atoms with Gasteiger partial charge in [0.15, 0.2) is 11.5 Å². The number of aromatic nitrogens is 5. The van der Waals surface area contributed by atoms with E-state index in [-0.39, 0.29) is 6.04 Å². The van der Waals surface area contributed by atoms with Crippen LogP contribution < -0.4 is 5.32 Å². The molecule has 1 aliphatic rings. The van der Waals surface area contributed by atoms with Gasteiger partial charge in [-0.05, 0) is 26.2 Å². The van der Waals surface area contributed by atoms with Crippen LogP contribution in [-0.2, 0) is 7.05 Å². The number of imidazole rings is 1. The van der Waals surface area contributed by atoms with Crippen LogP contribution in [0.15, 0.2) is 66.9 Å². The molecule has 0 aromatic carbocycles. The first-order valence-corrected chi connectivity index (χ1v) is 9.20. The van der Waals surface area contributed by atoms with Crippen LogP contribution in [-0.4, -0.2) is 30.2 Å². The van der Waals surface area contributed by atoms with E-state index >= 15 is 0 Å². The summed E-state index contributed by atoms with van der Waals surface area (Å²) in [5.41, 5.74) is 5.23. The monoisotopic (exact) mass is 360 g/mol. The summed E-state index contributed by atoms with van der Waals surface area (Å²) in [7, 11) is 1.91. The first-order valence-electron chi connectivity index (χ1n) is 9.20. The fraction of sp³-hybridized carbons (Fsp3) is 0.286. The number of nitrogens with zero attached hydrogens (tertiary/aromatic N) is 5. The van der Waals surface area contributed by atoms with Gasteiger partial charge in [-0.3, -0.25) is 9.08 Å². The summed E-state index contributed by atoms with van der Waals surface area (Å²) >= 11 is 0. The largest absolute Gasteiger partial charge is 0.364 e. The summed E-state index contributed by atoms with van der Waals surface area (Å²) in [6.45, 7) is 6.32. The number of allylic oxidation sites excluding steroid dienone is 4. The average molecular weight is 360 g/mol. The topological polar surface area (TPSA) is 60.0 Å². The second-order valence-electron chi connectivity index (χ2n) is 7.09. The molecule has 0 saturated heterocycles.